The van der Waals surface area contributed by atoms with Gasteiger partial charge in [0.2, 0.25) is 0 Å². The summed E-state index contributed by atoms with van der Waals surface area (Å²) in [4.78, 5) is 2.67. The van der Waals surface area contributed by atoms with E-state index < -0.39 is 0 Å². The van der Waals surface area contributed by atoms with E-state index in [-0.39, 0.29) is 0 Å². The van der Waals surface area contributed by atoms with Crippen molar-refractivity contribution < 1.29 is 4.74 Å². The highest BCUT2D eigenvalue weighted by molar-refractivity contribution is 9.09. The molecule has 0 radical (unpaired) electrons. The van der Waals surface area contributed by atoms with E-state index in [1.807, 2.05) is 0 Å². The Bertz CT molecular complexity index is 182. The Labute approximate surface area is 101 Å². The molecule has 88 valence electrons. The maximum absolute atomic E-state index is 5.41. The molecule has 1 atom stereocenters. The number of hydrogen-bond donors (Lipinski definition) is 0. The summed E-state index contributed by atoms with van der Waals surface area (Å²) in [6, 6.07) is 0. The largest absolute Gasteiger partial charge is 0.381 e. The summed E-state index contributed by atoms with van der Waals surface area (Å²) in [5.74, 6) is 1.78. The zero-order valence-corrected chi connectivity index (χ0v) is 11.0. The Morgan fingerprint density at radius 3 is 2.67 bits per heavy atom. The van der Waals surface area contributed by atoms with Crippen LogP contribution in [-0.2, 0) is 4.74 Å². The van der Waals surface area contributed by atoms with Crippen LogP contribution in [0.1, 0.15) is 25.7 Å². The summed E-state index contributed by atoms with van der Waals surface area (Å²) in [6.07, 6.45) is 5.35. The van der Waals surface area contributed by atoms with Gasteiger partial charge in [-0.05, 0) is 44.1 Å². The van der Waals surface area contributed by atoms with Gasteiger partial charge in [0.1, 0.15) is 0 Å². The van der Waals surface area contributed by atoms with Crippen molar-refractivity contribution in [3.63, 3.8) is 0 Å². The van der Waals surface area contributed by atoms with E-state index in [0.717, 1.165) is 25.0 Å². The van der Waals surface area contributed by atoms with E-state index in [1.165, 1.54) is 50.6 Å². The van der Waals surface area contributed by atoms with Crippen molar-refractivity contribution in [1.82, 2.24) is 4.90 Å². The maximum Gasteiger partial charge on any atom is 0.0469 e. The smallest absolute Gasteiger partial charge is 0.0469 e. The lowest BCUT2D eigenvalue weighted by Gasteiger charge is -2.35. The molecule has 1 unspecified atom stereocenters. The molecule has 0 amide bonds. The van der Waals surface area contributed by atoms with Crippen molar-refractivity contribution in [2.75, 3.05) is 38.2 Å². The zero-order valence-electron chi connectivity index (χ0n) is 9.46. The summed E-state index contributed by atoms with van der Waals surface area (Å²) < 4.78 is 5.41. The molecule has 0 aromatic rings. The predicted octanol–water partition coefficient (Wildman–Crippen LogP) is 2.52. The SMILES string of the molecule is BrCC1CCCN(CC2CCOCC2)C1. The van der Waals surface area contributed by atoms with Crippen LogP contribution in [0.25, 0.3) is 0 Å². The van der Waals surface area contributed by atoms with Gasteiger partial charge in [-0.3, -0.25) is 0 Å². The first-order valence-electron chi connectivity index (χ1n) is 6.24. The minimum Gasteiger partial charge on any atom is -0.381 e. The molecule has 2 aliphatic heterocycles. The lowest BCUT2D eigenvalue weighted by atomic mass is 9.95. The predicted molar refractivity (Wildman–Crippen MR) is 66.5 cm³/mol. The molecule has 2 heterocycles. The number of halogens is 1. The highest BCUT2D eigenvalue weighted by atomic mass is 79.9. The van der Waals surface area contributed by atoms with Crippen LogP contribution in [0, 0.1) is 11.8 Å². The fourth-order valence-corrected chi connectivity index (χ4v) is 3.27. The molecular weight excluding hydrogens is 254 g/mol. The number of nitrogens with zero attached hydrogens (tertiary/aromatic N) is 1. The Hall–Kier alpha value is 0.400. The minimum absolute atomic E-state index is 0.888. The summed E-state index contributed by atoms with van der Waals surface area (Å²) in [5.41, 5.74) is 0. The van der Waals surface area contributed by atoms with Gasteiger partial charge in [0.05, 0.1) is 0 Å². The summed E-state index contributed by atoms with van der Waals surface area (Å²) >= 11 is 3.62. The van der Waals surface area contributed by atoms with Gasteiger partial charge in [-0.25, -0.2) is 0 Å². The summed E-state index contributed by atoms with van der Waals surface area (Å²) in [5, 5.41) is 1.18. The highest BCUT2D eigenvalue weighted by Gasteiger charge is 2.22. The van der Waals surface area contributed by atoms with Crippen LogP contribution in [0.15, 0.2) is 0 Å². The summed E-state index contributed by atoms with van der Waals surface area (Å²) in [7, 11) is 0. The average Bonchev–Trinajstić information content (AvgIpc) is 2.31. The molecule has 2 nitrogen and oxygen atoms in total. The fourth-order valence-electron chi connectivity index (χ4n) is 2.74. The molecule has 0 bridgehead atoms. The molecule has 3 heteroatoms. The van der Waals surface area contributed by atoms with Crippen LogP contribution in [0.4, 0.5) is 0 Å². The van der Waals surface area contributed by atoms with Gasteiger partial charge in [0.15, 0.2) is 0 Å². The van der Waals surface area contributed by atoms with Crippen molar-refractivity contribution in [1.29, 1.82) is 0 Å². The van der Waals surface area contributed by atoms with Crippen LogP contribution < -0.4 is 0 Å². The molecule has 0 spiro atoms. The third-order valence-electron chi connectivity index (χ3n) is 3.68. The lowest BCUT2D eigenvalue weighted by Crippen LogP contribution is -2.40. The molecule has 0 saturated carbocycles. The van der Waals surface area contributed by atoms with Gasteiger partial charge < -0.3 is 9.64 Å². The standard InChI is InChI=1S/C12H22BrNO/c13-8-12-2-1-5-14(10-12)9-11-3-6-15-7-4-11/h11-12H,1-10H2. The van der Waals surface area contributed by atoms with Crippen molar-refractivity contribution in [2.45, 2.75) is 25.7 Å². The van der Waals surface area contributed by atoms with Gasteiger partial charge in [0.25, 0.3) is 0 Å². The number of ether oxygens (including phenoxy) is 1. The second kappa shape index (κ2) is 6.21. The quantitative estimate of drug-likeness (QED) is 0.734. The molecular formula is C12H22BrNO. The van der Waals surface area contributed by atoms with E-state index in [1.54, 1.807) is 0 Å². The number of likely N-dealkylation sites (tertiary alicyclic amines) is 1. The maximum atomic E-state index is 5.41. The molecule has 0 aromatic carbocycles. The number of rotatable bonds is 3. The van der Waals surface area contributed by atoms with Crippen molar-refractivity contribution in [3.8, 4) is 0 Å². The van der Waals surface area contributed by atoms with Gasteiger partial charge in [-0.15, -0.1) is 0 Å². The molecule has 2 fully saturated rings. The van der Waals surface area contributed by atoms with E-state index in [2.05, 4.69) is 20.8 Å². The first kappa shape index (κ1) is 11.9. The van der Waals surface area contributed by atoms with Gasteiger partial charge in [-0.1, -0.05) is 15.9 Å². The van der Waals surface area contributed by atoms with Crippen molar-refractivity contribution in [3.05, 3.63) is 0 Å². The Kier molecular flexibility index (Phi) is 4.92. The van der Waals surface area contributed by atoms with Gasteiger partial charge in [0, 0.05) is 31.6 Å². The molecule has 2 aliphatic rings. The van der Waals surface area contributed by atoms with Crippen LogP contribution >= 0.6 is 15.9 Å². The van der Waals surface area contributed by atoms with E-state index >= 15 is 0 Å². The fraction of sp³-hybridized carbons (Fsp3) is 1.00. The minimum atomic E-state index is 0.888. The second-order valence-corrected chi connectivity index (χ2v) is 5.63. The van der Waals surface area contributed by atoms with Gasteiger partial charge in [-0.2, -0.15) is 0 Å². The van der Waals surface area contributed by atoms with Gasteiger partial charge >= 0.3 is 0 Å². The Morgan fingerprint density at radius 1 is 1.13 bits per heavy atom. The molecule has 0 N–H and O–H groups in total. The average molecular weight is 276 g/mol. The van der Waals surface area contributed by atoms with Crippen LogP contribution in [-0.4, -0.2) is 43.1 Å². The zero-order chi connectivity index (χ0) is 10.5. The lowest BCUT2D eigenvalue weighted by molar-refractivity contribution is 0.0464. The number of alkyl halides is 1. The van der Waals surface area contributed by atoms with Crippen LogP contribution in [0.2, 0.25) is 0 Å². The van der Waals surface area contributed by atoms with Crippen molar-refractivity contribution in [2.24, 2.45) is 11.8 Å². The number of hydrogen-bond acceptors (Lipinski definition) is 2. The normalized spacial score (nSPS) is 30.6. The van der Waals surface area contributed by atoms with E-state index in [0.29, 0.717) is 0 Å². The molecule has 0 aliphatic carbocycles. The highest BCUT2D eigenvalue weighted by Crippen LogP contribution is 2.22. The third-order valence-corrected chi connectivity index (χ3v) is 4.59. The first-order chi connectivity index (χ1) is 7.38. The monoisotopic (exact) mass is 275 g/mol. The summed E-state index contributed by atoms with van der Waals surface area (Å²) in [6.45, 7) is 5.91. The Balaban J connectivity index is 1.72. The molecule has 15 heavy (non-hydrogen) atoms. The molecule has 0 aromatic heterocycles. The Morgan fingerprint density at radius 2 is 1.93 bits per heavy atom. The van der Waals surface area contributed by atoms with E-state index in [4.69, 9.17) is 4.74 Å². The molecule has 2 rings (SSSR count). The van der Waals surface area contributed by atoms with Crippen LogP contribution in [0.3, 0.4) is 0 Å². The topological polar surface area (TPSA) is 12.5 Å². The first-order valence-corrected chi connectivity index (χ1v) is 7.36. The molecule has 2 saturated heterocycles. The number of piperidine rings is 1. The van der Waals surface area contributed by atoms with E-state index in [9.17, 15) is 0 Å². The van der Waals surface area contributed by atoms with Crippen LogP contribution in [0.5, 0.6) is 0 Å². The third kappa shape index (κ3) is 3.72. The second-order valence-electron chi connectivity index (χ2n) is 4.98. The van der Waals surface area contributed by atoms with Crippen molar-refractivity contribution >= 4 is 15.9 Å².